The summed E-state index contributed by atoms with van der Waals surface area (Å²) in [6, 6.07) is 1.95. The lowest BCUT2D eigenvalue weighted by Gasteiger charge is -2.19. The molecule has 0 fully saturated rings. The average molecular weight is 355 g/mol. The summed E-state index contributed by atoms with van der Waals surface area (Å²) in [6.07, 6.45) is 3.48. The van der Waals surface area contributed by atoms with Crippen LogP contribution in [0.1, 0.15) is 26.5 Å². The quantitative estimate of drug-likeness (QED) is 0.783. The van der Waals surface area contributed by atoms with E-state index in [2.05, 4.69) is 25.9 Å². The molecule has 0 N–H and O–H groups in total. The fraction of sp³-hybridized carbons (Fsp3) is 0.357. The molecular weight excluding hydrogens is 340 g/mol. The molecule has 0 aromatic carbocycles. The first-order chi connectivity index (χ1) is 9.45. The fourth-order valence-electron chi connectivity index (χ4n) is 1.64. The Bertz CT molecular complexity index is 625. The van der Waals surface area contributed by atoms with Gasteiger partial charge in [-0.3, -0.25) is 9.78 Å². The SMILES string of the molecule is CCOC(=O)C(C)(C)c1csc(-c2cncc(Br)c2)n1. The molecule has 0 saturated heterocycles. The highest BCUT2D eigenvalue weighted by Crippen LogP contribution is 2.31. The van der Waals surface area contributed by atoms with Crippen LogP contribution in [-0.4, -0.2) is 22.5 Å². The van der Waals surface area contributed by atoms with Gasteiger partial charge in [0.2, 0.25) is 0 Å². The van der Waals surface area contributed by atoms with E-state index in [9.17, 15) is 4.79 Å². The molecule has 2 aromatic rings. The monoisotopic (exact) mass is 354 g/mol. The Morgan fingerprint density at radius 2 is 2.20 bits per heavy atom. The zero-order valence-electron chi connectivity index (χ0n) is 11.5. The topological polar surface area (TPSA) is 52.1 Å². The van der Waals surface area contributed by atoms with Crippen LogP contribution in [0.2, 0.25) is 0 Å². The van der Waals surface area contributed by atoms with Gasteiger partial charge in [0.05, 0.1) is 12.3 Å². The second-order valence-corrected chi connectivity index (χ2v) is 6.55. The number of thiazole rings is 1. The lowest BCUT2D eigenvalue weighted by atomic mass is 9.90. The molecule has 106 valence electrons. The number of rotatable bonds is 4. The van der Waals surface area contributed by atoms with Crippen LogP contribution in [-0.2, 0) is 14.9 Å². The number of nitrogens with zero attached hydrogens (tertiary/aromatic N) is 2. The Balaban J connectivity index is 2.31. The minimum absolute atomic E-state index is 0.260. The van der Waals surface area contributed by atoms with Gasteiger partial charge in [0.15, 0.2) is 0 Å². The summed E-state index contributed by atoms with van der Waals surface area (Å²) in [5, 5.41) is 2.74. The molecule has 0 unspecified atom stereocenters. The molecule has 0 saturated carbocycles. The van der Waals surface area contributed by atoms with Crippen molar-refractivity contribution in [2.75, 3.05) is 6.61 Å². The molecule has 0 atom stereocenters. The van der Waals surface area contributed by atoms with E-state index < -0.39 is 5.41 Å². The third kappa shape index (κ3) is 3.07. The average Bonchev–Trinajstić information content (AvgIpc) is 2.89. The van der Waals surface area contributed by atoms with E-state index in [-0.39, 0.29) is 5.97 Å². The lowest BCUT2D eigenvalue weighted by molar-refractivity contribution is -0.148. The Morgan fingerprint density at radius 1 is 1.45 bits per heavy atom. The largest absolute Gasteiger partial charge is 0.465 e. The van der Waals surface area contributed by atoms with Crippen molar-refractivity contribution in [2.24, 2.45) is 0 Å². The third-order valence-corrected chi connectivity index (χ3v) is 4.21. The maximum Gasteiger partial charge on any atom is 0.317 e. The van der Waals surface area contributed by atoms with Crippen LogP contribution in [0.4, 0.5) is 0 Å². The predicted octanol–water partition coefficient (Wildman–Crippen LogP) is 3.81. The highest BCUT2D eigenvalue weighted by molar-refractivity contribution is 9.10. The van der Waals surface area contributed by atoms with Gasteiger partial charge >= 0.3 is 5.97 Å². The zero-order valence-corrected chi connectivity index (χ0v) is 13.9. The van der Waals surface area contributed by atoms with E-state index >= 15 is 0 Å². The lowest BCUT2D eigenvalue weighted by Crippen LogP contribution is -2.31. The summed E-state index contributed by atoms with van der Waals surface area (Å²) in [4.78, 5) is 20.7. The minimum Gasteiger partial charge on any atom is -0.465 e. The van der Waals surface area contributed by atoms with Gasteiger partial charge in [0, 0.05) is 27.8 Å². The molecule has 0 spiro atoms. The highest BCUT2D eigenvalue weighted by atomic mass is 79.9. The summed E-state index contributed by atoms with van der Waals surface area (Å²) in [5.74, 6) is -0.260. The molecule has 20 heavy (non-hydrogen) atoms. The van der Waals surface area contributed by atoms with Gasteiger partial charge in [0.25, 0.3) is 0 Å². The van der Waals surface area contributed by atoms with Crippen molar-refractivity contribution in [3.8, 4) is 10.6 Å². The van der Waals surface area contributed by atoms with Crippen LogP contribution < -0.4 is 0 Å². The van der Waals surface area contributed by atoms with Crippen molar-refractivity contribution in [1.82, 2.24) is 9.97 Å². The number of carbonyl (C=O) groups excluding carboxylic acids is 1. The van der Waals surface area contributed by atoms with Gasteiger partial charge in [-0.05, 0) is 42.8 Å². The van der Waals surface area contributed by atoms with Gasteiger partial charge in [0.1, 0.15) is 10.4 Å². The number of pyridine rings is 1. The van der Waals surface area contributed by atoms with Crippen LogP contribution in [0.15, 0.2) is 28.3 Å². The number of carbonyl (C=O) groups is 1. The van der Waals surface area contributed by atoms with Gasteiger partial charge < -0.3 is 4.74 Å². The molecule has 2 aromatic heterocycles. The van der Waals surface area contributed by atoms with Gasteiger partial charge in [-0.2, -0.15) is 0 Å². The molecule has 4 nitrogen and oxygen atoms in total. The highest BCUT2D eigenvalue weighted by Gasteiger charge is 2.34. The molecule has 0 aliphatic rings. The van der Waals surface area contributed by atoms with Gasteiger partial charge in [-0.15, -0.1) is 11.3 Å². The minimum atomic E-state index is -0.746. The Kier molecular flexibility index (Phi) is 4.55. The van der Waals surface area contributed by atoms with Crippen molar-refractivity contribution in [2.45, 2.75) is 26.2 Å². The number of hydrogen-bond acceptors (Lipinski definition) is 5. The second-order valence-electron chi connectivity index (χ2n) is 4.78. The molecule has 0 aliphatic carbocycles. The predicted molar refractivity (Wildman–Crippen MR) is 82.7 cm³/mol. The first-order valence-corrected chi connectivity index (χ1v) is 7.86. The molecule has 0 radical (unpaired) electrons. The number of hydrogen-bond donors (Lipinski definition) is 0. The number of halogens is 1. The van der Waals surface area contributed by atoms with E-state index in [1.807, 2.05) is 25.3 Å². The van der Waals surface area contributed by atoms with Crippen molar-refractivity contribution in [1.29, 1.82) is 0 Å². The fourth-order valence-corrected chi connectivity index (χ4v) is 2.97. The first-order valence-electron chi connectivity index (χ1n) is 6.19. The molecule has 0 bridgehead atoms. The maximum absolute atomic E-state index is 12.0. The van der Waals surface area contributed by atoms with Gasteiger partial charge in [-0.1, -0.05) is 0 Å². The summed E-state index contributed by atoms with van der Waals surface area (Å²) in [6.45, 7) is 5.81. The maximum atomic E-state index is 12.0. The van der Waals surface area contributed by atoms with Crippen LogP contribution in [0.25, 0.3) is 10.6 Å². The molecular formula is C14H15BrN2O2S. The van der Waals surface area contributed by atoms with Crippen LogP contribution in [0, 0.1) is 0 Å². The zero-order chi connectivity index (χ0) is 14.8. The number of aromatic nitrogens is 2. The summed E-state index contributed by atoms with van der Waals surface area (Å²) in [7, 11) is 0. The third-order valence-electron chi connectivity index (χ3n) is 2.88. The molecule has 0 amide bonds. The molecule has 2 heterocycles. The normalized spacial score (nSPS) is 11.4. The van der Waals surface area contributed by atoms with Gasteiger partial charge in [-0.25, -0.2) is 4.98 Å². The van der Waals surface area contributed by atoms with E-state index in [4.69, 9.17) is 4.74 Å². The van der Waals surface area contributed by atoms with Crippen molar-refractivity contribution < 1.29 is 9.53 Å². The first kappa shape index (κ1) is 15.1. The second kappa shape index (κ2) is 6.01. The Morgan fingerprint density at radius 3 is 2.85 bits per heavy atom. The summed E-state index contributed by atoms with van der Waals surface area (Å²) < 4.78 is 6.00. The van der Waals surface area contributed by atoms with Crippen LogP contribution in [0.3, 0.4) is 0 Å². The Hall–Kier alpha value is -1.27. The van der Waals surface area contributed by atoms with E-state index in [1.54, 1.807) is 19.3 Å². The number of ether oxygens (including phenoxy) is 1. The molecule has 2 rings (SSSR count). The standard InChI is InChI=1S/C14H15BrN2O2S/c1-4-19-13(18)14(2,3)11-8-20-12(17-11)9-5-10(15)7-16-6-9/h5-8H,4H2,1-3H3. The van der Waals surface area contributed by atoms with E-state index in [0.29, 0.717) is 6.61 Å². The van der Waals surface area contributed by atoms with Crippen molar-refractivity contribution in [3.05, 3.63) is 34.0 Å². The van der Waals surface area contributed by atoms with E-state index in [1.165, 1.54) is 11.3 Å². The van der Waals surface area contributed by atoms with E-state index in [0.717, 1.165) is 20.7 Å². The summed E-state index contributed by atoms with van der Waals surface area (Å²) >= 11 is 4.88. The summed E-state index contributed by atoms with van der Waals surface area (Å²) in [5.41, 5.74) is 0.899. The number of esters is 1. The Labute approximate surface area is 130 Å². The molecule has 6 heteroatoms. The van der Waals surface area contributed by atoms with Crippen LogP contribution >= 0.6 is 27.3 Å². The van der Waals surface area contributed by atoms with Crippen molar-refractivity contribution >= 4 is 33.2 Å². The van der Waals surface area contributed by atoms with Crippen molar-refractivity contribution in [3.63, 3.8) is 0 Å². The molecule has 0 aliphatic heterocycles. The van der Waals surface area contributed by atoms with Crippen LogP contribution in [0.5, 0.6) is 0 Å². The smallest absolute Gasteiger partial charge is 0.317 e.